The van der Waals surface area contributed by atoms with Gasteiger partial charge >= 0.3 is 5.97 Å². The maximum Gasteiger partial charge on any atom is 0.321 e. The fraction of sp³-hybridized carbons (Fsp3) is 0.417. The molecule has 0 saturated carbocycles. The summed E-state index contributed by atoms with van der Waals surface area (Å²) in [7, 11) is -3.86. The summed E-state index contributed by atoms with van der Waals surface area (Å²) < 4.78 is 41.4. The van der Waals surface area contributed by atoms with Gasteiger partial charge in [0.15, 0.2) is 15.6 Å². The van der Waals surface area contributed by atoms with Crippen LogP contribution >= 0.6 is 11.6 Å². The smallest absolute Gasteiger partial charge is 0.321 e. The van der Waals surface area contributed by atoms with Gasteiger partial charge in [-0.05, 0) is 24.6 Å². The fourth-order valence-corrected chi connectivity index (χ4v) is 2.66. The van der Waals surface area contributed by atoms with E-state index in [0.29, 0.717) is 6.42 Å². The van der Waals surface area contributed by atoms with Crippen molar-refractivity contribution in [2.24, 2.45) is 0 Å². The van der Waals surface area contributed by atoms with Gasteiger partial charge in [-0.1, -0.05) is 24.9 Å². The average molecular weight is 309 g/mol. The number of halogens is 2. The van der Waals surface area contributed by atoms with E-state index in [-0.39, 0.29) is 16.5 Å². The topological polar surface area (TPSA) is 60.4 Å². The average Bonchev–Trinajstić information content (AvgIpc) is 2.32. The first-order chi connectivity index (χ1) is 8.86. The van der Waals surface area contributed by atoms with Gasteiger partial charge in [-0.15, -0.1) is 0 Å². The number of esters is 1. The standard InChI is InChI=1S/C12H14ClFO4S/c1-2-3-6-18-12(15)8-19(16,17)9-4-5-11(14)10(13)7-9/h4-5,7H,2-3,6,8H2,1H3. The Morgan fingerprint density at radius 1 is 1.42 bits per heavy atom. The van der Waals surface area contributed by atoms with Crippen LogP contribution < -0.4 is 0 Å². The monoisotopic (exact) mass is 308 g/mol. The third kappa shape index (κ3) is 4.80. The normalized spacial score (nSPS) is 11.3. The second kappa shape index (κ2) is 6.86. The van der Waals surface area contributed by atoms with Crippen molar-refractivity contribution in [3.63, 3.8) is 0 Å². The van der Waals surface area contributed by atoms with Crippen LogP contribution in [0.25, 0.3) is 0 Å². The number of hydrogen-bond acceptors (Lipinski definition) is 4. The molecule has 7 heteroatoms. The van der Waals surface area contributed by atoms with Gasteiger partial charge in [0.05, 0.1) is 16.5 Å². The van der Waals surface area contributed by atoms with E-state index in [1.807, 2.05) is 6.92 Å². The van der Waals surface area contributed by atoms with Crippen molar-refractivity contribution in [3.8, 4) is 0 Å². The second-order valence-electron chi connectivity index (χ2n) is 3.91. The van der Waals surface area contributed by atoms with E-state index in [1.54, 1.807) is 0 Å². The van der Waals surface area contributed by atoms with Gasteiger partial charge in [-0.3, -0.25) is 4.79 Å². The molecule has 0 aliphatic carbocycles. The van der Waals surface area contributed by atoms with Gasteiger partial charge < -0.3 is 4.74 Å². The van der Waals surface area contributed by atoms with Crippen molar-refractivity contribution < 1.29 is 22.3 Å². The van der Waals surface area contributed by atoms with Crippen molar-refractivity contribution >= 4 is 27.4 Å². The predicted octanol–water partition coefficient (Wildman–Crippen LogP) is 2.60. The Morgan fingerprint density at radius 2 is 2.11 bits per heavy atom. The van der Waals surface area contributed by atoms with Gasteiger partial charge in [0, 0.05) is 0 Å². The molecule has 1 aromatic rings. The lowest BCUT2D eigenvalue weighted by molar-refractivity contribution is -0.140. The number of carbonyl (C=O) groups excluding carboxylic acids is 1. The van der Waals surface area contributed by atoms with E-state index < -0.39 is 27.4 Å². The highest BCUT2D eigenvalue weighted by Crippen LogP contribution is 2.20. The molecule has 0 bridgehead atoms. The SMILES string of the molecule is CCCCOC(=O)CS(=O)(=O)c1ccc(F)c(Cl)c1. The van der Waals surface area contributed by atoms with Gasteiger partial charge in [-0.2, -0.15) is 0 Å². The van der Waals surface area contributed by atoms with Crippen LogP contribution in [0, 0.1) is 5.82 Å². The minimum absolute atomic E-state index is 0.190. The van der Waals surface area contributed by atoms with E-state index in [0.717, 1.165) is 24.6 Å². The molecule has 0 N–H and O–H groups in total. The van der Waals surface area contributed by atoms with Crippen LogP contribution in [-0.4, -0.2) is 26.7 Å². The van der Waals surface area contributed by atoms with E-state index in [2.05, 4.69) is 0 Å². The molecule has 0 spiro atoms. The van der Waals surface area contributed by atoms with Crippen LogP contribution in [0.3, 0.4) is 0 Å². The zero-order valence-corrected chi connectivity index (χ0v) is 11.9. The molecule has 0 radical (unpaired) electrons. The van der Waals surface area contributed by atoms with E-state index >= 15 is 0 Å². The molecule has 1 aromatic carbocycles. The van der Waals surface area contributed by atoms with Crippen molar-refractivity contribution in [2.45, 2.75) is 24.7 Å². The summed E-state index contributed by atoms with van der Waals surface area (Å²) in [6.07, 6.45) is 1.52. The zero-order valence-electron chi connectivity index (χ0n) is 10.4. The first kappa shape index (κ1) is 15.9. The second-order valence-corrected chi connectivity index (χ2v) is 6.31. The van der Waals surface area contributed by atoms with Gasteiger partial charge in [0.2, 0.25) is 0 Å². The van der Waals surface area contributed by atoms with E-state index in [9.17, 15) is 17.6 Å². The first-order valence-electron chi connectivity index (χ1n) is 5.70. The lowest BCUT2D eigenvalue weighted by Gasteiger charge is -2.06. The van der Waals surface area contributed by atoms with Crippen LogP contribution in [0.15, 0.2) is 23.1 Å². The molecule has 1 rings (SSSR count). The number of hydrogen-bond donors (Lipinski definition) is 0. The number of sulfone groups is 1. The molecule has 0 fully saturated rings. The Bertz CT molecular complexity index is 557. The molecular formula is C12H14ClFO4S. The molecule has 0 saturated heterocycles. The van der Waals surface area contributed by atoms with Crippen molar-refractivity contribution in [2.75, 3.05) is 12.4 Å². The summed E-state index contributed by atoms with van der Waals surface area (Å²) >= 11 is 5.50. The van der Waals surface area contributed by atoms with E-state index in [1.165, 1.54) is 0 Å². The lowest BCUT2D eigenvalue weighted by atomic mass is 10.3. The Hall–Kier alpha value is -1.14. The van der Waals surface area contributed by atoms with E-state index in [4.69, 9.17) is 16.3 Å². The zero-order chi connectivity index (χ0) is 14.5. The van der Waals surface area contributed by atoms with Crippen molar-refractivity contribution in [1.29, 1.82) is 0 Å². The predicted molar refractivity (Wildman–Crippen MR) is 69.3 cm³/mol. The molecule has 0 heterocycles. The van der Waals surface area contributed by atoms with Gasteiger partial charge in [-0.25, -0.2) is 12.8 Å². The molecule has 4 nitrogen and oxygen atoms in total. The summed E-state index contributed by atoms with van der Waals surface area (Å²) in [6.45, 7) is 2.11. The number of benzene rings is 1. The Balaban J connectivity index is 2.75. The molecule has 0 atom stereocenters. The number of ether oxygens (including phenoxy) is 1. The molecule has 106 valence electrons. The Labute approximate surface area is 116 Å². The quantitative estimate of drug-likeness (QED) is 0.460. The highest BCUT2D eigenvalue weighted by molar-refractivity contribution is 7.92. The van der Waals surface area contributed by atoms with Gasteiger partial charge in [0.25, 0.3) is 0 Å². The summed E-state index contributed by atoms with van der Waals surface area (Å²) in [5.41, 5.74) is 0. The van der Waals surface area contributed by atoms with Crippen LogP contribution in [0.2, 0.25) is 5.02 Å². The minimum atomic E-state index is -3.86. The van der Waals surface area contributed by atoms with Crippen LogP contribution in [0.1, 0.15) is 19.8 Å². The molecule has 0 aliphatic rings. The third-order valence-electron chi connectivity index (χ3n) is 2.32. The lowest BCUT2D eigenvalue weighted by Crippen LogP contribution is -2.19. The molecule has 0 amide bonds. The Kier molecular flexibility index (Phi) is 5.75. The maximum absolute atomic E-state index is 12.9. The maximum atomic E-state index is 12.9. The fourth-order valence-electron chi connectivity index (χ4n) is 1.28. The van der Waals surface area contributed by atoms with Crippen LogP contribution in [-0.2, 0) is 19.4 Å². The van der Waals surface area contributed by atoms with Crippen LogP contribution in [0.5, 0.6) is 0 Å². The summed E-state index contributed by atoms with van der Waals surface area (Å²) in [4.78, 5) is 11.1. The molecule has 0 aliphatic heterocycles. The van der Waals surface area contributed by atoms with Crippen LogP contribution in [0.4, 0.5) is 4.39 Å². The number of unbranched alkanes of at least 4 members (excludes halogenated alkanes) is 1. The van der Waals surface area contributed by atoms with Crippen molar-refractivity contribution in [1.82, 2.24) is 0 Å². The third-order valence-corrected chi connectivity index (χ3v) is 4.20. The molecule has 19 heavy (non-hydrogen) atoms. The Morgan fingerprint density at radius 3 is 2.68 bits per heavy atom. The van der Waals surface area contributed by atoms with Gasteiger partial charge in [0.1, 0.15) is 5.82 Å². The van der Waals surface area contributed by atoms with Crippen molar-refractivity contribution in [3.05, 3.63) is 29.0 Å². The number of carbonyl (C=O) groups is 1. The summed E-state index contributed by atoms with van der Waals surface area (Å²) in [6, 6.07) is 2.99. The minimum Gasteiger partial charge on any atom is -0.465 e. The molecule has 0 aromatic heterocycles. The summed E-state index contributed by atoms with van der Waals surface area (Å²) in [5, 5.41) is -0.305. The first-order valence-corrected chi connectivity index (χ1v) is 7.73. The largest absolute Gasteiger partial charge is 0.465 e. The molecule has 0 unspecified atom stereocenters. The highest BCUT2D eigenvalue weighted by Gasteiger charge is 2.21. The molecular weight excluding hydrogens is 295 g/mol. The number of rotatable bonds is 6. The summed E-state index contributed by atoms with van der Waals surface area (Å²) in [5.74, 6) is -2.32. The highest BCUT2D eigenvalue weighted by atomic mass is 35.5.